The Kier molecular flexibility index (Phi) is 3.81. The standard InChI is InChI=1S/C12H15N3OS/c1-3-10(16)9-6-4-5-7-11(9)17-12-14-13-8-15(12)2/h4-8,10,16H,3H2,1-2H3/t10-/m0/s1. The molecule has 90 valence electrons. The highest BCUT2D eigenvalue weighted by Crippen LogP contribution is 2.32. The van der Waals surface area contributed by atoms with E-state index in [9.17, 15) is 5.11 Å². The van der Waals surface area contributed by atoms with E-state index in [0.29, 0.717) is 6.42 Å². The van der Waals surface area contributed by atoms with Crippen LogP contribution in [-0.4, -0.2) is 19.9 Å². The van der Waals surface area contributed by atoms with Crippen molar-refractivity contribution < 1.29 is 5.11 Å². The van der Waals surface area contributed by atoms with Crippen LogP contribution in [0.25, 0.3) is 0 Å². The van der Waals surface area contributed by atoms with Crippen molar-refractivity contribution in [2.45, 2.75) is 29.5 Å². The maximum absolute atomic E-state index is 9.95. The van der Waals surface area contributed by atoms with E-state index in [1.165, 1.54) is 11.8 Å². The first-order valence-corrected chi connectivity index (χ1v) is 6.33. The Bertz CT molecular complexity index is 498. The Hall–Kier alpha value is -1.33. The zero-order valence-corrected chi connectivity index (χ0v) is 10.7. The van der Waals surface area contributed by atoms with Crippen LogP contribution in [-0.2, 0) is 7.05 Å². The van der Waals surface area contributed by atoms with Crippen LogP contribution < -0.4 is 0 Å². The third-order valence-corrected chi connectivity index (χ3v) is 3.68. The predicted octanol–water partition coefficient (Wildman–Crippen LogP) is 2.41. The van der Waals surface area contributed by atoms with Gasteiger partial charge in [0, 0.05) is 11.9 Å². The van der Waals surface area contributed by atoms with Gasteiger partial charge in [-0.1, -0.05) is 25.1 Å². The van der Waals surface area contributed by atoms with Crippen LogP contribution in [0.4, 0.5) is 0 Å². The molecule has 2 rings (SSSR count). The zero-order valence-electron chi connectivity index (χ0n) is 9.87. The lowest BCUT2D eigenvalue weighted by atomic mass is 10.1. The summed E-state index contributed by atoms with van der Waals surface area (Å²) in [5.41, 5.74) is 0.947. The summed E-state index contributed by atoms with van der Waals surface area (Å²) in [4.78, 5) is 1.03. The first kappa shape index (κ1) is 12.1. The van der Waals surface area contributed by atoms with E-state index in [0.717, 1.165) is 15.6 Å². The first-order valence-electron chi connectivity index (χ1n) is 5.51. The average Bonchev–Trinajstić information content (AvgIpc) is 2.75. The van der Waals surface area contributed by atoms with E-state index in [1.54, 1.807) is 6.33 Å². The van der Waals surface area contributed by atoms with Gasteiger partial charge in [-0.3, -0.25) is 0 Å². The van der Waals surface area contributed by atoms with Crippen molar-refractivity contribution >= 4 is 11.8 Å². The fourth-order valence-corrected chi connectivity index (χ4v) is 2.48. The van der Waals surface area contributed by atoms with E-state index in [-0.39, 0.29) is 0 Å². The number of aryl methyl sites for hydroxylation is 1. The van der Waals surface area contributed by atoms with Crippen LogP contribution in [0.15, 0.2) is 40.6 Å². The minimum atomic E-state index is -0.424. The normalized spacial score (nSPS) is 12.6. The molecule has 0 aliphatic heterocycles. The summed E-state index contributed by atoms with van der Waals surface area (Å²) in [7, 11) is 1.90. The summed E-state index contributed by atoms with van der Waals surface area (Å²) in [6.07, 6.45) is 1.95. The second-order valence-electron chi connectivity index (χ2n) is 3.79. The van der Waals surface area contributed by atoms with Crippen LogP contribution in [0.3, 0.4) is 0 Å². The number of rotatable bonds is 4. The minimum absolute atomic E-state index is 0.424. The first-order chi connectivity index (χ1) is 8.22. The lowest BCUT2D eigenvalue weighted by Crippen LogP contribution is -1.98. The fourth-order valence-electron chi connectivity index (χ4n) is 1.53. The van der Waals surface area contributed by atoms with Gasteiger partial charge in [-0.05, 0) is 29.8 Å². The number of hydrogen-bond donors (Lipinski definition) is 1. The smallest absolute Gasteiger partial charge is 0.195 e. The Morgan fingerprint density at radius 3 is 2.82 bits per heavy atom. The summed E-state index contributed by atoms with van der Waals surface area (Å²) in [5.74, 6) is 0. The second-order valence-corrected chi connectivity index (χ2v) is 4.80. The molecule has 4 nitrogen and oxygen atoms in total. The quantitative estimate of drug-likeness (QED) is 0.904. The monoisotopic (exact) mass is 249 g/mol. The topological polar surface area (TPSA) is 50.9 Å². The number of aliphatic hydroxyl groups excluding tert-OH is 1. The molecule has 0 aliphatic rings. The molecular weight excluding hydrogens is 234 g/mol. The summed E-state index contributed by atoms with van der Waals surface area (Å²) in [5, 5.41) is 18.6. The molecule has 0 bridgehead atoms. The largest absolute Gasteiger partial charge is 0.388 e. The van der Waals surface area contributed by atoms with Crippen LogP contribution in [0.1, 0.15) is 25.0 Å². The molecule has 0 saturated carbocycles. The fraction of sp³-hybridized carbons (Fsp3) is 0.333. The van der Waals surface area contributed by atoms with Gasteiger partial charge in [0.15, 0.2) is 5.16 Å². The van der Waals surface area contributed by atoms with Gasteiger partial charge in [0.1, 0.15) is 6.33 Å². The van der Waals surface area contributed by atoms with E-state index >= 15 is 0 Å². The molecule has 1 atom stereocenters. The molecule has 5 heteroatoms. The molecule has 0 unspecified atom stereocenters. The SMILES string of the molecule is CC[C@H](O)c1ccccc1Sc1nncn1C. The number of nitrogens with zero attached hydrogens (tertiary/aromatic N) is 3. The van der Waals surface area contributed by atoms with Crippen molar-refractivity contribution in [3.05, 3.63) is 36.2 Å². The highest BCUT2D eigenvalue weighted by molar-refractivity contribution is 7.99. The van der Waals surface area contributed by atoms with Crippen LogP contribution in [0.5, 0.6) is 0 Å². The Balaban J connectivity index is 2.30. The second kappa shape index (κ2) is 5.33. The maximum atomic E-state index is 9.95. The highest BCUT2D eigenvalue weighted by Gasteiger charge is 2.12. The molecule has 1 aromatic carbocycles. The van der Waals surface area contributed by atoms with Gasteiger partial charge in [-0.25, -0.2) is 0 Å². The van der Waals surface area contributed by atoms with Crippen molar-refractivity contribution in [1.29, 1.82) is 0 Å². The van der Waals surface area contributed by atoms with Crippen molar-refractivity contribution in [2.24, 2.45) is 7.05 Å². The molecule has 0 amide bonds. The summed E-state index contributed by atoms with van der Waals surface area (Å²) in [6.45, 7) is 1.97. The lowest BCUT2D eigenvalue weighted by Gasteiger charge is -2.12. The zero-order chi connectivity index (χ0) is 12.3. The third-order valence-electron chi connectivity index (χ3n) is 2.54. The molecule has 1 aromatic heterocycles. The Morgan fingerprint density at radius 1 is 1.41 bits per heavy atom. The molecule has 0 saturated heterocycles. The predicted molar refractivity (Wildman–Crippen MR) is 66.8 cm³/mol. The Labute approximate surface area is 105 Å². The molecule has 0 radical (unpaired) electrons. The number of benzene rings is 1. The van der Waals surface area contributed by atoms with Gasteiger partial charge < -0.3 is 9.67 Å². The van der Waals surface area contributed by atoms with Crippen molar-refractivity contribution in [3.8, 4) is 0 Å². The summed E-state index contributed by atoms with van der Waals surface area (Å²) >= 11 is 1.52. The van der Waals surface area contributed by atoms with Crippen LogP contribution in [0.2, 0.25) is 0 Å². The highest BCUT2D eigenvalue weighted by atomic mass is 32.2. The molecule has 0 fully saturated rings. The van der Waals surface area contributed by atoms with Crippen molar-refractivity contribution in [1.82, 2.24) is 14.8 Å². The van der Waals surface area contributed by atoms with Gasteiger partial charge in [0.2, 0.25) is 0 Å². The minimum Gasteiger partial charge on any atom is -0.388 e. The van der Waals surface area contributed by atoms with E-state index < -0.39 is 6.10 Å². The van der Waals surface area contributed by atoms with Gasteiger partial charge in [0.25, 0.3) is 0 Å². The lowest BCUT2D eigenvalue weighted by molar-refractivity contribution is 0.171. The molecule has 17 heavy (non-hydrogen) atoms. The third kappa shape index (κ3) is 2.68. The van der Waals surface area contributed by atoms with E-state index in [1.807, 2.05) is 42.8 Å². The molecule has 2 aromatic rings. The molecular formula is C12H15N3OS. The van der Waals surface area contributed by atoms with Crippen LogP contribution in [0, 0.1) is 0 Å². The van der Waals surface area contributed by atoms with Gasteiger partial charge in [0.05, 0.1) is 6.10 Å². The van der Waals surface area contributed by atoms with Crippen molar-refractivity contribution in [3.63, 3.8) is 0 Å². The van der Waals surface area contributed by atoms with E-state index in [4.69, 9.17) is 0 Å². The Morgan fingerprint density at radius 2 is 2.18 bits per heavy atom. The average molecular weight is 249 g/mol. The van der Waals surface area contributed by atoms with Gasteiger partial charge in [-0.2, -0.15) is 0 Å². The summed E-state index contributed by atoms with van der Waals surface area (Å²) in [6, 6.07) is 7.85. The van der Waals surface area contributed by atoms with Gasteiger partial charge in [-0.15, -0.1) is 10.2 Å². The number of hydrogen-bond acceptors (Lipinski definition) is 4. The van der Waals surface area contributed by atoms with Crippen LogP contribution >= 0.6 is 11.8 Å². The van der Waals surface area contributed by atoms with E-state index in [2.05, 4.69) is 10.2 Å². The van der Waals surface area contributed by atoms with Gasteiger partial charge >= 0.3 is 0 Å². The number of aliphatic hydroxyl groups is 1. The number of aromatic nitrogens is 3. The summed E-state index contributed by atoms with van der Waals surface area (Å²) < 4.78 is 1.86. The molecule has 1 N–H and O–H groups in total. The molecule has 1 heterocycles. The molecule has 0 spiro atoms. The maximum Gasteiger partial charge on any atom is 0.195 e. The van der Waals surface area contributed by atoms with Crippen molar-refractivity contribution in [2.75, 3.05) is 0 Å². The molecule has 0 aliphatic carbocycles.